The van der Waals surface area contributed by atoms with Gasteiger partial charge < -0.3 is 4.74 Å². The molecule has 23 heavy (non-hydrogen) atoms. The van der Waals surface area contributed by atoms with Crippen LogP contribution in [0.1, 0.15) is 83.6 Å². The number of hydrogen-bond acceptors (Lipinski definition) is 1. The first-order valence-electron chi connectivity index (χ1n) is 9.44. The molecule has 1 aromatic carbocycles. The topological polar surface area (TPSA) is 9.23 Å². The summed E-state index contributed by atoms with van der Waals surface area (Å²) >= 11 is 0. The molecule has 0 spiro atoms. The summed E-state index contributed by atoms with van der Waals surface area (Å²) in [5.74, 6) is 0.421. The average Bonchev–Trinajstić information content (AvgIpc) is 2.59. The maximum absolute atomic E-state index is 6.22. The van der Waals surface area contributed by atoms with E-state index in [1.54, 1.807) is 0 Å². The molecule has 0 saturated heterocycles. The van der Waals surface area contributed by atoms with Crippen molar-refractivity contribution in [3.05, 3.63) is 48.6 Å². The summed E-state index contributed by atoms with van der Waals surface area (Å²) < 4.78 is 6.22. The van der Waals surface area contributed by atoms with Gasteiger partial charge in [0.1, 0.15) is 0 Å². The van der Waals surface area contributed by atoms with Crippen LogP contribution in [0.25, 0.3) is 0 Å². The fourth-order valence-electron chi connectivity index (χ4n) is 2.86. The molecule has 0 bridgehead atoms. The van der Waals surface area contributed by atoms with Gasteiger partial charge in [0.25, 0.3) is 0 Å². The Labute approximate surface area is 144 Å². The molecule has 0 aliphatic heterocycles. The maximum Gasteiger partial charge on any atom is 0.0832 e. The van der Waals surface area contributed by atoms with Crippen molar-refractivity contribution in [3.8, 4) is 0 Å². The molecule has 1 unspecified atom stereocenters. The third-order valence-electron chi connectivity index (χ3n) is 4.74. The molecule has 0 aromatic heterocycles. The molecule has 1 heteroatoms. The van der Waals surface area contributed by atoms with Crippen LogP contribution in [-0.4, -0.2) is 12.2 Å². The molecule has 0 amide bonds. The van der Waals surface area contributed by atoms with Crippen LogP contribution >= 0.6 is 0 Å². The first-order valence-corrected chi connectivity index (χ1v) is 9.44. The molecule has 1 rings (SSSR count). The van der Waals surface area contributed by atoms with Gasteiger partial charge in [-0.2, -0.15) is 0 Å². The Hall–Kier alpha value is -1.08. The Morgan fingerprint density at radius 3 is 2.26 bits per heavy atom. The molecule has 2 atom stereocenters. The normalized spacial score (nSPS) is 15.1. The molecule has 0 aliphatic rings. The monoisotopic (exact) mass is 316 g/mol. The maximum atomic E-state index is 6.22. The molecule has 0 heterocycles. The van der Waals surface area contributed by atoms with Crippen LogP contribution in [0.4, 0.5) is 0 Å². The Morgan fingerprint density at radius 1 is 1.04 bits per heavy atom. The SMILES string of the molecule is C=CC(C)(CCCCCCCCC)OC[C@H](C)c1ccccc1. The van der Waals surface area contributed by atoms with Crippen molar-refractivity contribution in [2.75, 3.05) is 6.61 Å². The highest BCUT2D eigenvalue weighted by atomic mass is 16.5. The summed E-state index contributed by atoms with van der Waals surface area (Å²) in [5, 5.41) is 0. The van der Waals surface area contributed by atoms with Crippen molar-refractivity contribution < 1.29 is 4.74 Å². The van der Waals surface area contributed by atoms with Gasteiger partial charge >= 0.3 is 0 Å². The van der Waals surface area contributed by atoms with Crippen LogP contribution in [0.15, 0.2) is 43.0 Å². The lowest BCUT2D eigenvalue weighted by atomic mass is 9.96. The minimum Gasteiger partial charge on any atom is -0.371 e. The number of hydrogen-bond donors (Lipinski definition) is 0. The predicted octanol–water partition coefficient (Wildman–Crippen LogP) is 6.89. The summed E-state index contributed by atoms with van der Waals surface area (Å²) in [7, 11) is 0. The van der Waals surface area contributed by atoms with E-state index in [9.17, 15) is 0 Å². The number of benzene rings is 1. The van der Waals surface area contributed by atoms with Crippen LogP contribution in [0.2, 0.25) is 0 Å². The predicted molar refractivity (Wildman–Crippen MR) is 102 cm³/mol. The minimum absolute atomic E-state index is 0.188. The Balaban J connectivity index is 2.26. The van der Waals surface area contributed by atoms with Crippen LogP contribution in [-0.2, 0) is 4.74 Å². The molecule has 0 aliphatic carbocycles. The second kappa shape index (κ2) is 11.5. The quantitative estimate of drug-likeness (QED) is 0.284. The van der Waals surface area contributed by atoms with E-state index >= 15 is 0 Å². The van der Waals surface area contributed by atoms with Gasteiger partial charge in [-0.15, -0.1) is 6.58 Å². The van der Waals surface area contributed by atoms with Gasteiger partial charge in [0.05, 0.1) is 12.2 Å². The van der Waals surface area contributed by atoms with Gasteiger partial charge in [0.15, 0.2) is 0 Å². The van der Waals surface area contributed by atoms with Crippen molar-refractivity contribution in [2.45, 2.75) is 83.7 Å². The lowest BCUT2D eigenvalue weighted by Crippen LogP contribution is -2.27. The standard InChI is InChI=1S/C22H36O/c1-5-7-8-9-10-11-15-18-22(4,6-2)23-19-20(3)21-16-13-12-14-17-21/h6,12-14,16-17,20H,2,5,7-11,15,18-19H2,1,3-4H3/t20-,22?/m0/s1. The molecular weight excluding hydrogens is 280 g/mol. The second-order valence-corrected chi connectivity index (χ2v) is 7.01. The Morgan fingerprint density at radius 2 is 1.65 bits per heavy atom. The summed E-state index contributed by atoms with van der Waals surface area (Å²) in [6.45, 7) is 11.4. The number of rotatable bonds is 13. The summed E-state index contributed by atoms with van der Waals surface area (Å²) in [5.41, 5.74) is 1.15. The molecule has 0 N–H and O–H groups in total. The van der Waals surface area contributed by atoms with Crippen LogP contribution in [0.5, 0.6) is 0 Å². The lowest BCUT2D eigenvalue weighted by Gasteiger charge is -2.28. The van der Waals surface area contributed by atoms with Gasteiger partial charge in [-0.25, -0.2) is 0 Å². The fraction of sp³-hybridized carbons (Fsp3) is 0.636. The van der Waals surface area contributed by atoms with Crippen LogP contribution in [0.3, 0.4) is 0 Å². The van der Waals surface area contributed by atoms with E-state index in [-0.39, 0.29) is 5.60 Å². The van der Waals surface area contributed by atoms with Gasteiger partial charge in [0, 0.05) is 5.92 Å². The zero-order chi connectivity index (χ0) is 17.0. The zero-order valence-corrected chi connectivity index (χ0v) is 15.5. The highest BCUT2D eigenvalue weighted by Crippen LogP contribution is 2.24. The molecule has 1 nitrogen and oxygen atoms in total. The molecule has 1 aromatic rings. The van der Waals surface area contributed by atoms with Crippen molar-refractivity contribution >= 4 is 0 Å². The van der Waals surface area contributed by atoms with E-state index in [0.717, 1.165) is 13.0 Å². The third-order valence-corrected chi connectivity index (χ3v) is 4.74. The van der Waals surface area contributed by atoms with Gasteiger partial charge in [0.2, 0.25) is 0 Å². The third kappa shape index (κ3) is 8.37. The molecule has 0 fully saturated rings. The zero-order valence-electron chi connectivity index (χ0n) is 15.5. The minimum atomic E-state index is -0.188. The molecular formula is C22H36O. The van der Waals surface area contributed by atoms with Crippen LogP contribution in [0, 0.1) is 0 Å². The largest absolute Gasteiger partial charge is 0.371 e. The first kappa shape index (κ1) is 20.0. The van der Waals surface area contributed by atoms with Crippen molar-refractivity contribution in [1.29, 1.82) is 0 Å². The Bertz CT molecular complexity index is 411. The van der Waals surface area contributed by atoms with E-state index in [1.807, 2.05) is 6.08 Å². The van der Waals surface area contributed by atoms with E-state index in [2.05, 4.69) is 57.7 Å². The van der Waals surface area contributed by atoms with E-state index in [4.69, 9.17) is 4.74 Å². The van der Waals surface area contributed by atoms with Crippen molar-refractivity contribution in [1.82, 2.24) is 0 Å². The van der Waals surface area contributed by atoms with E-state index in [1.165, 1.54) is 50.5 Å². The molecule has 130 valence electrons. The lowest BCUT2D eigenvalue weighted by molar-refractivity contribution is -0.00800. The molecule has 0 radical (unpaired) electrons. The smallest absolute Gasteiger partial charge is 0.0832 e. The van der Waals surface area contributed by atoms with Gasteiger partial charge in [-0.1, -0.05) is 95.2 Å². The highest BCUT2D eigenvalue weighted by molar-refractivity contribution is 5.18. The van der Waals surface area contributed by atoms with E-state index in [0.29, 0.717) is 5.92 Å². The summed E-state index contributed by atoms with van der Waals surface area (Å²) in [6.07, 6.45) is 12.4. The highest BCUT2D eigenvalue weighted by Gasteiger charge is 2.21. The first-order chi connectivity index (χ1) is 11.1. The molecule has 0 saturated carbocycles. The van der Waals surface area contributed by atoms with Gasteiger partial charge in [-0.05, 0) is 18.9 Å². The fourth-order valence-corrected chi connectivity index (χ4v) is 2.86. The van der Waals surface area contributed by atoms with Gasteiger partial charge in [-0.3, -0.25) is 0 Å². The van der Waals surface area contributed by atoms with Crippen molar-refractivity contribution in [3.63, 3.8) is 0 Å². The number of ether oxygens (including phenoxy) is 1. The second-order valence-electron chi connectivity index (χ2n) is 7.01. The van der Waals surface area contributed by atoms with Crippen LogP contribution < -0.4 is 0 Å². The number of unbranched alkanes of at least 4 members (excludes halogenated alkanes) is 6. The summed E-state index contributed by atoms with van der Waals surface area (Å²) in [6, 6.07) is 10.6. The Kier molecular flexibility index (Phi) is 9.94. The summed E-state index contributed by atoms with van der Waals surface area (Å²) in [4.78, 5) is 0. The average molecular weight is 317 g/mol. The van der Waals surface area contributed by atoms with E-state index < -0.39 is 0 Å². The van der Waals surface area contributed by atoms with Crippen molar-refractivity contribution in [2.24, 2.45) is 0 Å².